The summed E-state index contributed by atoms with van der Waals surface area (Å²) >= 11 is 0. The Labute approximate surface area is 126 Å². The van der Waals surface area contributed by atoms with Crippen molar-refractivity contribution in [1.29, 1.82) is 0 Å². The zero-order valence-corrected chi connectivity index (χ0v) is 12.5. The lowest BCUT2D eigenvalue weighted by molar-refractivity contribution is 0.0876. The van der Waals surface area contributed by atoms with Crippen molar-refractivity contribution in [1.82, 2.24) is 4.98 Å². The van der Waals surface area contributed by atoms with E-state index >= 15 is 0 Å². The normalized spacial score (nSPS) is 24.0. The molecule has 0 radical (unpaired) electrons. The van der Waals surface area contributed by atoms with Crippen LogP contribution < -0.4 is 10.2 Å². The molecule has 116 valence electrons. The average Bonchev–Trinajstić information content (AvgIpc) is 2.56. The van der Waals surface area contributed by atoms with Gasteiger partial charge in [0.1, 0.15) is 0 Å². The summed E-state index contributed by atoms with van der Waals surface area (Å²) in [5.74, 6) is 1.49. The first-order valence-corrected chi connectivity index (χ1v) is 8.02. The SMILES string of the molecule is OCC1CCN(c2ncccc2N[C@@H]2CCCOC2)CC1. The van der Waals surface area contributed by atoms with Crippen LogP contribution in [0.2, 0.25) is 0 Å². The van der Waals surface area contributed by atoms with Gasteiger partial charge in [-0.3, -0.25) is 0 Å². The smallest absolute Gasteiger partial charge is 0.151 e. The van der Waals surface area contributed by atoms with Gasteiger partial charge in [-0.25, -0.2) is 4.98 Å². The number of aromatic nitrogens is 1. The lowest BCUT2D eigenvalue weighted by Gasteiger charge is -2.34. The lowest BCUT2D eigenvalue weighted by Crippen LogP contribution is -2.36. The number of aliphatic hydroxyl groups excluding tert-OH is 1. The minimum atomic E-state index is 0.306. The number of hydrogen-bond acceptors (Lipinski definition) is 5. The number of pyridine rings is 1. The van der Waals surface area contributed by atoms with E-state index in [0.29, 0.717) is 18.6 Å². The molecule has 2 N–H and O–H groups in total. The maximum Gasteiger partial charge on any atom is 0.151 e. The second-order valence-corrected chi connectivity index (χ2v) is 6.05. The highest BCUT2D eigenvalue weighted by Crippen LogP contribution is 2.28. The van der Waals surface area contributed by atoms with E-state index in [9.17, 15) is 5.11 Å². The van der Waals surface area contributed by atoms with E-state index in [1.165, 1.54) is 0 Å². The molecule has 0 bridgehead atoms. The Kier molecular flexibility index (Phi) is 4.93. The van der Waals surface area contributed by atoms with Crippen molar-refractivity contribution in [3.8, 4) is 0 Å². The summed E-state index contributed by atoms with van der Waals surface area (Å²) < 4.78 is 5.54. The van der Waals surface area contributed by atoms with E-state index in [0.717, 1.165) is 63.5 Å². The van der Waals surface area contributed by atoms with E-state index in [1.54, 1.807) is 0 Å². The Balaban J connectivity index is 1.67. The molecule has 2 fully saturated rings. The van der Waals surface area contributed by atoms with Crippen molar-refractivity contribution in [2.45, 2.75) is 31.7 Å². The largest absolute Gasteiger partial charge is 0.396 e. The van der Waals surface area contributed by atoms with Crippen LogP contribution in [0.1, 0.15) is 25.7 Å². The predicted octanol–water partition coefficient (Wildman–Crippen LogP) is 1.88. The highest BCUT2D eigenvalue weighted by Gasteiger charge is 2.22. The maximum absolute atomic E-state index is 9.26. The molecule has 0 unspecified atom stereocenters. The van der Waals surface area contributed by atoms with Crippen LogP contribution in [0, 0.1) is 5.92 Å². The standard InChI is InChI=1S/C16H25N3O2/c20-11-13-5-8-19(9-6-13)16-15(4-1-7-17-16)18-14-3-2-10-21-12-14/h1,4,7,13-14,18,20H,2-3,5-6,8-12H2/t14-/m1/s1. The molecule has 1 aromatic heterocycles. The predicted molar refractivity (Wildman–Crippen MR) is 83.7 cm³/mol. The van der Waals surface area contributed by atoms with Gasteiger partial charge in [0.25, 0.3) is 0 Å². The molecule has 0 aliphatic carbocycles. The quantitative estimate of drug-likeness (QED) is 0.887. The molecule has 5 heteroatoms. The van der Waals surface area contributed by atoms with Gasteiger partial charge in [0.2, 0.25) is 0 Å². The zero-order valence-electron chi connectivity index (χ0n) is 12.5. The van der Waals surface area contributed by atoms with Crippen molar-refractivity contribution in [2.24, 2.45) is 5.92 Å². The summed E-state index contributed by atoms with van der Waals surface area (Å²) in [5.41, 5.74) is 1.11. The zero-order chi connectivity index (χ0) is 14.5. The Morgan fingerprint density at radius 1 is 1.33 bits per heavy atom. The molecule has 3 heterocycles. The summed E-state index contributed by atoms with van der Waals surface area (Å²) in [5, 5.41) is 12.9. The summed E-state index contributed by atoms with van der Waals surface area (Å²) in [6, 6.07) is 4.47. The van der Waals surface area contributed by atoms with Gasteiger partial charge in [-0.1, -0.05) is 0 Å². The van der Waals surface area contributed by atoms with Gasteiger partial charge in [-0.05, 0) is 43.7 Å². The third-order valence-corrected chi connectivity index (χ3v) is 4.48. The Bertz CT molecular complexity index is 441. The average molecular weight is 291 g/mol. The molecule has 5 nitrogen and oxygen atoms in total. The molecule has 3 rings (SSSR count). The van der Waals surface area contributed by atoms with Crippen molar-refractivity contribution >= 4 is 11.5 Å². The minimum absolute atomic E-state index is 0.306. The van der Waals surface area contributed by atoms with Crippen LogP contribution in [0.3, 0.4) is 0 Å². The molecule has 0 amide bonds. The van der Waals surface area contributed by atoms with Gasteiger partial charge in [0.15, 0.2) is 5.82 Å². The van der Waals surface area contributed by atoms with E-state index in [4.69, 9.17) is 4.74 Å². The van der Waals surface area contributed by atoms with Crippen molar-refractivity contribution < 1.29 is 9.84 Å². The maximum atomic E-state index is 9.26. The van der Waals surface area contributed by atoms with E-state index in [1.807, 2.05) is 12.3 Å². The summed E-state index contributed by atoms with van der Waals surface area (Å²) in [6.45, 7) is 3.91. The summed E-state index contributed by atoms with van der Waals surface area (Å²) in [7, 11) is 0. The number of nitrogens with zero attached hydrogens (tertiary/aromatic N) is 2. The molecule has 2 aliphatic rings. The molecule has 0 saturated carbocycles. The Hall–Kier alpha value is -1.33. The fraction of sp³-hybridized carbons (Fsp3) is 0.688. The summed E-state index contributed by atoms with van der Waals surface area (Å²) in [4.78, 5) is 6.91. The first kappa shape index (κ1) is 14.6. The van der Waals surface area contributed by atoms with Crippen molar-refractivity contribution in [3.05, 3.63) is 18.3 Å². The fourth-order valence-electron chi connectivity index (χ4n) is 3.16. The van der Waals surface area contributed by atoms with Gasteiger partial charge in [0.05, 0.1) is 12.3 Å². The molecule has 2 aliphatic heterocycles. The minimum Gasteiger partial charge on any atom is -0.396 e. The van der Waals surface area contributed by atoms with Crippen LogP contribution in [0.25, 0.3) is 0 Å². The van der Waals surface area contributed by atoms with E-state index in [2.05, 4.69) is 21.3 Å². The molecular weight excluding hydrogens is 266 g/mol. The van der Waals surface area contributed by atoms with E-state index < -0.39 is 0 Å². The Morgan fingerprint density at radius 3 is 2.90 bits per heavy atom. The lowest BCUT2D eigenvalue weighted by atomic mass is 9.98. The number of aliphatic hydroxyl groups is 1. The third kappa shape index (κ3) is 3.66. The topological polar surface area (TPSA) is 57.6 Å². The van der Waals surface area contributed by atoms with E-state index in [-0.39, 0.29) is 0 Å². The van der Waals surface area contributed by atoms with Crippen LogP contribution in [0.4, 0.5) is 11.5 Å². The van der Waals surface area contributed by atoms with Crippen LogP contribution in [-0.2, 0) is 4.74 Å². The summed E-state index contributed by atoms with van der Waals surface area (Å²) in [6.07, 6.45) is 6.21. The van der Waals surface area contributed by atoms with Crippen LogP contribution in [0.5, 0.6) is 0 Å². The van der Waals surface area contributed by atoms with Crippen LogP contribution in [-0.4, -0.2) is 49.0 Å². The van der Waals surface area contributed by atoms with Crippen molar-refractivity contribution in [2.75, 3.05) is 43.1 Å². The number of anilines is 2. The van der Waals surface area contributed by atoms with Gasteiger partial charge in [-0.15, -0.1) is 0 Å². The number of piperidine rings is 1. The highest BCUT2D eigenvalue weighted by molar-refractivity contribution is 5.66. The van der Waals surface area contributed by atoms with Gasteiger partial charge in [0, 0.05) is 38.5 Å². The second kappa shape index (κ2) is 7.09. The van der Waals surface area contributed by atoms with Crippen LogP contribution in [0.15, 0.2) is 18.3 Å². The van der Waals surface area contributed by atoms with Gasteiger partial charge in [-0.2, -0.15) is 0 Å². The van der Waals surface area contributed by atoms with Crippen LogP contribution >= 0.6 is 0 Å². The molecule has 1 atom stereocenters. The van der Waals surface area contributed by atoms with Gasteiger partial charge < -0.3 is 20.1 Å². The molecule has 2 saturated heterocycles. The first-order chi connectivity index (χ1) is 10.4. The van der Waals surface area contributed by atoms with Gasteiger partial charge >= 0.3 is 0 Å². The third-order valence-electron chi connectivity index (χ3n) is 4.48. The fourth-order valence-corrected chi connectivity index (χ4v) is 3.16. The molecule has 0 spiro atoms. The number of hydrogen-bond donors (Lipinski definition) is 2. The number of ether oxygens (including phenoxy) is 1. The highest BCUT2D eigenvalue weighted by atomic mass is 16.5. The second-order valence-electron chi connectivity index (χ2n) is 6.05. The molecule has 21 heavy (non-hydrogen) atoms. The monoisotopic (exact) mass is 291 g/mol. The molecule has 0 aromatic carbocycles. The first-order valence-electron chi connectivity index (χ1n) is 8.02. The molecular formula is C16H25N3O2. The molecule has 1 aromatic rings. The van der Waals surface area contributed by atoms with Crippen molar-refractivity contribution in [3.63, 3.8) is 0 Å². The number of nitrogens with one attached hydrogen (secondary N) is 1. The Morgan fingerprint density at radius 2 is 2.19 bits per heavy atom. The number of rotatable bonds is 4.